The molecule has 1 saturated heterocycles. The molecule has 4 rings (SSSR count). The summed E-state index contributed by atoms with van der Waals surface area (Å²) >= 11 is 12.3. The van der Waals surface area contributed by atoms with Crippen molar-refractivity contribution in [3.63, 3.8) is 0 Å². The molecule has 1 amide bonds. The zero-order valence-corrected chi connectivity index (χ0v) is 18.2. The van der Waals surface area contributed by atoms with E-state index in [9.17, 15) is 18.5 Å². The van der Waals surface area contributed by atoms with Crippen LogP contribution in [0.4, 0.5) is 5.69 Å². The molecular weight excluding hydrogens is 469 g/mol. The van der Waals surface area contributed by atoms with E-state index >= 15 is 0 Å². The fraction of sp³-hybridized carbons (Fsp3) is 0.263. The Morgan fingerprint density at radius 2 is 1.74 bits per heavy atom. The Labute approximate surface area is 188 Å². The van der Waals surface area contributed by atoms with Crippen molar-refractivity contribution in [1.29, 1.82) is 5.26 Å². The largest absolute Gasteiger partial charge is 0.454 e. The zero-order chi connectivity index (χ0) is 22.2. The Balaban J connectivity index is 1.68. The molecule has 1 N–H and O–H groups in total. The molecule has 2 aliphatic heterocycles. The van der Waals surface area contributed by atoms with Crippen LogP contribution in [0, 0.1) is 11.3 Å². The van der Waals surface area contributed by atoms with E-state index in [-0.39, 0.29) is 64.9 Å². The molecule has 0 atom stereocenters. The quantitative estimate of drug-likeness (QED) is 0.709. The fourth-order valence-corrected chi connectivity index (χ4v) is 5.40. The van der Waals surface area contributed by atoms with Crippen LogP contribution in [0.1, 0.15) is 15.9 Å². The molecule has 2 aliphatic rings. The van der Waals surface area contributed by atoms with Gasteiger partial charge in [-0.3, -0.25) is 4.79 Å². The van der Waals surface area contributed by atoms with E-state index in [0.29, 0.717) is 11.5 Å². The van der Waals surface area contributed by atoms with Gasteiger partial charge in [0.25, 0.3) is 5.91 Å². The molecule has 0 radical (unpaired) electrons. The number of hydrogen-bond acceptors (Lipinski definition) is 7. The van der Waals surface area contributed by atoms with Crippen LogP contribution in [0.3, 0.4) is 0 Å². The third-order valence-corrected chi connectivity index (χ3v) is 7.41. The molecule has 0 unspecified atom stereocenters. The van der Waals surface area contributed by atoms with E-state index in [1.807, 2.05) is 6.07 Å². The second kappa shape index (κ2) is 8.53. The summed E-state index contributed by atoms with van der Waals surface area (Å²) in [6.45, 7) is 0.873. The van der Waals surface area contributed by atoms with Crippen molar-refractivity contribution in [2.75, 3.05) is 38.4 Å². The Morgan fingerprint density at radius 1 is 1.06 bits per heavy atom. The summed E-state index contributed by atoms with van der Waals surface area (Å²) in [5.74, 6) is 0.0421. The summed E-state index contributed by atoms with van der Waals surface area (Å²) in [7, 11) is -3.97. The van der Waals surface area contributed by atoms with Crippen LogP contribution >= 0.6 is 23.2 Å². The Kier molecular flexibility index (Phi) is 5.96. The third kappa shape index (κ3) is 4.15. The summed E-state index contributed by atoms with van der Waals surface area (Å²) < 4.78 is 43.0. The minimum absolute atomic E-state index is 0.00335. The minimum atomic E-state index is -3.97. The van der Waals surface area contributed by atoms with Crippen molar-refractivity contribution in [2.45, 2.75) is 4.90 Å². The Bertz CT molecular complexity index is 1210. The molecule has 2 aromatic rings. The molecular formula is C19H15Cl2N3O6S. The van der Waals surface area contributed by atoms with Gasteiger partial charge >= 0.3 is 0 Å². The first-order valence-corrected chi connectivity index (χ1v) is 11.2. The third-order valence-electron chi connectivity index (χ3n) is 4.74. The monoisotopic (exact) mass is 483 g/mol. The van der Waals surface area contributed by atoms with Gasteiger partial charge in [0.1, 0.15) is 11.0 Å². The van der Waals surface area contributed by atoms with Crippen LogP contribution in [-0.4, -0.2) is 51.7 Å². The highest BCUT2D eigenvalue weighted by atomic mass is 35.5. The first-order chi connectivity index (χ1) is 14.8. The summed E-state index contributed by atoms with van der Waals surface area (Å²) in [5, 5.41) is 11.8. The number of nitrogens with zero attached hydrogens (tertiary/aromatic N) is 2. The van der Waals surface area contributed by atoms with Crippen LogP contribution in [0.2, 0.25) is 10.0 Å². The van der Waals surface area contributed by atoms with Crippen LogP contribution in [0.25, 0.3) is 0 Å². The van der Waals surface area contributed by atoms with Crippen molar-refractivity contribution in [3.8, 4) is 17.6 Å². The molecule has 2 aromatic carbocycles. The lowest BCUT2D eigenvalue weighted by molar-refractivity contribution is 0.0730. The normalized spacial score (nSPS) is 16.0. The molecule has 2 heterocycles. The van der Waals surface area contributed by atoms with Gasteiger partial charge in [0.15, 0.2) is 11.5 Å². The average molecular weight is 484 g/mol. The van der Waals surface area contributed by atoms with Gasteiger partial charge in [-0.1, -0.05) is 23.2 Å². The predicted octanol–water partition coefficient (Wildman–Crippen LogP) is 2.87. The van der Waals surface area contributed by atoms with Crippen LogP contribution < -0.4 is 14.8 Å². The fourth-order valence-electron chi connectivity index (χ4n) is 3.15. The maximum Gasteiger partial charge on any atom is 0.257 e. The number of morpholine rings is 1. The molecule has 9 nitrogen and oxygen atoms in total. The SMILES string of the molecule is N#Cc1cc2c(cc1NC(=O)c1cc(S(=O)(=O)N3CCOCC3)c(Cl)cc1Cl)OCO2. The highest BCUT2D eigenvalue weighted by molar-refractivity contribution is 7.89. The number of sulfonamides is 1. The number of carbonyl (C=O) groups excluding carboxylic acids is 1. The number of amides is 1. The molecule has 0 bridgehead atoms. The zero-order valence-electron chi connectivity index (χ0n) is 15.9. The van der Waals surface area contributed by atoms with Crippen molar-refractivity contribution in [1.82, 2.24) is 4.31 Å². The Morgan fingerprint density at radius 3 is 2.42 bits per heavy atom. The van der Waals surface area contributed by atoms with E-state index < -0.39 is 15.9 Å². The maximum atomic E-state index is 13.0. The molecule has 31 heavy (non-hydrogen) atoms. The number of anilines is 1. The number of fused-ring (bicyclic) bond motifs is 1. The lowest BCUT2D eigenvalue weighted by Crippen LogP contribution is -2.40. The molecule has 0 spiro atoms. The molecule has 1 fully saturated rings. The molecule has 162 valence electrons. The predicted molar refractivity (Wildman–Crippen MR) is 111 cm³/mol. The van der Waals surface area contributed by atoms with Crippen LogP contribution in [-0.2, 0) is 14.8 Å². The van der Waals surface area contributed by atoms with Crippen molar-refractivity contribution in [2.24, 2.45) is 0 Å². The van der Waals surface area contributed by atoms with E-state index in [2.05, 4.69) is 5.32 Å². The summed E-state index contributed by atoms with van der Waals surface area (Å²) in [4.78, 5) is 12.7. The minimum Gasteiger partial charge on any atom is -0.454 e. The summed E-state index contributed by atoms with van der Waals surface area (Å²) in [5.41, 5.74) is 0.198. The highest BCUT2D eigenvalue weighted by Crippen LogP contribution is 2.37. The van der Waals surface area contributed by atoms with E-state index in [0.717, 1.165) is 6.07 Å². The van der Waals surface area contributed by atoms with Crippen molar-refractivity contribution >= 4 is 44.8 Å². The topological polar surface area (TPSA) is 118 Å². The van der Waals surface area contributed by atoms with E-state index in [1.54, 1.807) is 0 Å². The number of benzene rings is 2. The first-order valence-electron chi connectivity index (χ1n) is 9.03. The second-order valence-corrected chi connectivity index (χ2v) is 9.32. The number of carbonyl (C=O) groups is 1. The second-order valence-electron chi connectivity index (χ2n) is 6.60. The summed E-state index contributed by atoms with van der Waals surface area (Å²) in [6, 6.07) is 7.19. The van der Waals surface area contributed by atoms with Gasteiger partial charge < -0.3 is 19.5 Å². The average Bonchev–Trinajstić information content (AvgIpc) is 3.20. The molecule has 0 aliphatic carbocycles. The number of rotatable bonds is 4. The molecule has 12 heteroatoms. The lowest BCUT2D eigenvalue weighted by Gasteiger charge is -2.26. The standard InChI is InChI=1S/C19H15Cl2N3O6S/c20-13-7-14(21)18(31(26,27)24-1-3-28-4-2-24)6-12(13)19(25)23-15-8-17-16(29-10-30-17)5-11(15)9-22/h5-8H,1-4,10H2,(H,23,25). The first kappa shape index (κ1) is 21.7. The van der Waals surface area contributed by atoms with E-state index in [4.69, 9.17) is 37.4 Å². The maximum absolute atomic E-state index is 13.0. The summed E-state index contributed by atoms with van der Waals surface area (Å²) in [6.07, 6.45) is 0. The number of nitrogens with one attached hydrogen (secondary N) is 1. The smallest absolute Gasteiger partial charge is 0.257 e. The number of halogens is 2. The van der Waals surface area contributed by atoms with Crippen LogP contribution in [0.5, 0.6) is 11.5 Å². The lowest BCUT2D eigenvalue weighted by atomic mass is 10.1. The van der Waals surface area contributed by atoms with Crippen molar-refractivity contribution in [3.05, 3.63) is 45.4 Å². The Hall–Kier alpha value is -2.55. The van der Waals surface area contributed by atoms with Gasteiger partial charge in [0.2, 0.25) is 16.8 Å². The van der Waals surface area contributed by atoms with Crippen LogP contribution in [0.15, 0.2) is 29.2 Å². The van der Waals surface area contributed by atoms with Gasteiger partial charge in [-0.15, -0.1) is 0 Å². The number of nitriles is 1. The highest BCUT2D eigenvalue weighted by Gasteiger charge is 2.30. The van der Waals surface area contributed by atoms with Gasteiger partial charge in [0.05, 0.1) is 40.1 Å². The van der Waals surface area contributed by atoms with Crippen molar-refractivity contribution < 1.29 is 27.4 Å². The molecule has 0 aromatic heterocycles. The van der Waals surface area contributed by atoms with Gasteiger partial charge in [-0.2, -0.15) is 9.57 Å². The number of ether oxygens (including phenoxy) is 3. The number of hydrogen-bond donors (Lipinski definition) is 1. The molecule has 0 saturated carbocycles. The van der Waals surface area contributed by atoms with Gasteiger partial charge in [-0.25, -0.2) is 8.42 Å². The van der Waals surface area contributed by atoms with Gasteiger partial charge in [-0.05, 0) is 12.1 Å². The van der Waals surface area contributed by atoms with Gasteiger partial charge in [0, 0.05) is 25.2 Å². The van der Waals surface area contributed by atoms with E-state index in [1.165, 1.54) is 22.5 Å².